The minimum Gasteiger partial charge on any atom is -0.496 e. The standard InChI is InChI=1S/C47H58N4O10/c1-8-43(56)22-29-23-46(41(54)59-6,37-30(13-17-50(24-29)26-43)31-19-28(25-52)11-12-34(31)48-37)33-20-32-35(21-36(33)58-5)49(4)39-45(32)15-18-51-16-10-14-44(9-2,38(45)51)40(61-27(3)53)47(39,57)42(55)60-7/h10-12,14,19-21,25,29,38-40,48,56-57H,8-9,13,15-18,22-24,26H2,1-7H3/t29-,38+,39-,40-,43+,44-,45-,46+,47+/m1/s1. The second kappa shape index (κ2) is 14.4. The number of hydrogen-bond donors (Lipinski definition) is 3. The summed E-state index contributed by atoms with van der Waals surface area (Å²) in [5.41, 5.74) is -1.90. The summed E-state index contributed by atoms with van der Waals surface area (Å²) in [5, 5.41) is 26.2. The number of piperidine rings is 1. The van der Waals surface area contributed by atoms with E-state index < -0.39 is 57.5 Å². The van der Waals surface area contributed by atoms with E-state index in [1.807, 2.05) is 56.1 Å². The lowest BCUT2D eigenvalue weighted by molar-refractivity contribution is -0.228. The molecule has 1 aromatic heterocycles. The van der Waals surface area contributed by atoms with Crippen LogP contribution in [0.4, 0.5) is 5.69 Å². The van der Waals surface area contributed by atoms with Gasteiger partial charge in [-0.3, -0.25) is 24.2 Å². The Hall–Kier alpha value is -4.76. The first kappa shape index (κ1) is 41.6. The SMILES string of the molecule is CC[C@]1(O)C[C@H]2CN(CCc3c([nH]c4ccc(C=O)cc34)[C@@](C(=O)OC)(c3cc4c(cc3OC)N(C)[C@H]3[C@@](O)(C(=O)OC)[C@H](OC(C)=O)[C@]5(CC)C=CCN6CC[C@]43[C@@H]65)C2)C1. The lowest BCUT2D eigenvalue weighted by atomic mass is 9.47. The van der Waals surface area contributed by atoms with Gasteiger partial charge in [0.15, 0.2) is 6.10 Å². The smallest absolute Gasteiger partial charge is 0.344 e. The summed E-state index contributed by atoms with van der Waals surface area (Å²) >= 11 is 0. The van der Waals surface area contributed by atoms with Crippen molar-refractivity contribution in [2.45, 2.75) is 99.5 Å². The maximum atomic E-state index is 15.4. The summed E-state index contributed by atoms with van der Waals surface area (Å²) in [6, 6.07) is 8.16. The number of carbonyl (C=O) groups is 4. The number of esters is 3. The molecular formula is C47H58N4O10. The van der Waals surface area contributed by atoms with Crippen LogP contribution in [0.2, 0.25) is 0 Å². The Morgan fingerprint density at radius 3 is 2.41 bits per heavy atom. The molecule has 326 valence electrons. The van der Waals surface area contributed by atoms with E-state index in [0.717, 1.165) is 28.3 Å². The zero-order valence-corrected chi connectivity index (χ0v) is 36.2. The molecule has 3 aromatic rings. The predicted molar refractivity (Wildman–Crippen MR) is 226 cm³/mol. The molecule has 0 radical (unpaired) electrons. The molecule has 1 spiro atoms. The zero-order valence-electron chi connectivity index (χ0n) is 36.2. The van der Waals surface area contributed by atoms with Crippen LogP contribution in [0.1, 0.15) is 85.6 Å². The number of aromatic nitrogens is 1. The fourth-order valence-corrected chi connectivity index (χ4v) is 13.6. The Bertz CT molecular complexity index is 2360. The van der Waals surface area contributed by atoms with Crippen molar-refractivity contribution in [1.82, 2.24) is 14.8 Å². The van der Waals surface area contributed by atoms with Gasteiger partial charge in [-0.1, -0.05) is 26.0 Å². The fourth-order valence-electron chi connectivity index (χ4n) is 13.6. The minimum atomic E-state index is -2.33. The number of aliphatic hydroxyl groups is 2. The number of carbonyl (C=O) groups excluding carboxylic acids is 4. The Labute approximate surface area is 356 Å². The van der Waals surface area contributed by atoms with Crippen LogP contribution in [-0.4, -0.2) is 140 Å². The van der Waals surface area contributed by atoms with E-state index in [4.69, 9.17) is 18.9 Å². The number of ether oxygens (including phenoxy) is 4. The number of hydrogen-bond acceptors (Lipinski definition) is 13. The molecule has 14 heteroatoms. The molecule has 61 heavy (non-hydrogen) atoms. The van der Waals surface area contributed by atoms with Crippen LogP contribution in [0.25, 0.3) is 10.9 Å². The van der Waals surface area contributed by atoms with Crippen LogP contribution in [0.3, 0.4) is 0 Å². The predicted octanol–water partition coefficient (Wildman–Crippen LogP) is 3.80. The average molecular weight is 839 g/mol. The van der Waals surface area contributed by atoms with Crippen molar-refractivity contribution in [2.24, 2.45) is 11.3 Å². The maximum absolute atomic E-state index is 15.4. The van der Waals surface area contributed by atoms with Crippen molar-refractivity contribution < 1.29 is 48.3 Å². The second-order valence-electron chi connectivity index (χ2n) is 18.6. The summed E-state index contributed by atoms with van der Waals surface area (Å²) in [7, 11) is 6.05. The highest BCUT2D eigenvalue weighted by Gasteiger charge is 2.80. The van der Waals surface area contributed by atoms with Crippen molar-refractivity contribution >= 4 is 40.8 Å². The molecule has 5 aliphatic heterocycles. The van der Waals surface area contributed by atoms with Gasteiger partial charge in [0.1, 0.15) is 17.5 Å². The maximum Gasteiger partial charge on any atom is 0.344 e. The zero-order chi connectivity index (χ0) is 43.4. The molecule has 6 aliphatic rings. The number of nitrogens with one attached hydrogen (secondary N) is 1. The molecule has 14 nitrogen and oxygen atoms in total. The molecule has 10 atom stereocenters. The lowest BCUT2D eigenvalue weighted by Crippen LogP contribution is -2.81. The molecular weight excluding hydrogens is 781 g/mol. The first-order valence-electron chi connectivity index (χ1n) is 21.6. The van der Waals surface area contributed by atoms with Crippen molar-refractivity contribution in [3.8, 4) is 5.75 Å². The topological polar surface area (TPSA) is 171 Å². The van der Waals surface area contributed by atoms with Gasteiger partial charge in [0.05, 0.1) is 33.0 Å². The van der Waals surface area contributed by atoms with Crippen molar-refractivity contribution in [1.29, 1.82) is 0 Å². The summed E-state index contributed by atoms with van der Waals surface area (Å²) in [5.74, 6) is -1.78. The quantitative estimate of drug-likeness (QED) is 0.130. The third-order valence-electron chi connectivity index (χ3n) is 15.9. The molecule has 0 amide bonds. The third-order valence-corrected chi connectivity index (χ3v) is 15.9. The Balaban J connectivity index is 1.37. The Kier molecular flexibility index (Phi) is 9.82. The van der Waals surface area contributed by atoms with E-state index in [9.17, 15) is 24.6 Å². The van der Waals surface area contributed by atoms with Gasteiger partial charge in [0, 0.05) is 96.5 Å². The number of likely N-dealkylation sites (N-methyl/N-ethyl adjacent to an activating group) is 1. The van der Waals surface area contributed by atoms with Crippen LogP contribution in [0.5, 0.6) is 5.75 Å². The van der Waals surface area contributed by atoms with E-state index in [1.54, 1.807) is 13.2 Å². The monoisotopic (exact) mass is 838 g/mol. The minimum absolute atomic E-state index is 0.158. The van der Waals surface area contributed by atoms with E-state index in [-0.39, 0.29) is 18.4 Å². The van der Waals surface area contributed by atoms with Crippen LogP contribution in [0, 0.1) is 11.3 Å². The van der Waals surface area contributed by atoms with Gasteiger partial charge in [-0.15, -0.1) is 0 Å². The van der Waals surface area contributed by atoms with Crippen LogP contribution >= 0.6 is 0 Å². The fraction of sp³-hybridized carbons (Fsp3) is 0.574. The van der Waals surface area contributed by atoms with Gasteiger partial charge < -0.3 is 39.0 Å². The number of aromatic amines is 1. The molecule has 1 unspecified atom stereocenters. The van der Waals surface area contributed by atoms with Crippen LogP contribution < -0.4 is 9.64 Å². The van der Waals surface area contributed by atoms with Crippen LogP contribution in [0.15, 0.2) is 42.5 Å². The molecule has 2 saturated heterocycles. The molecule has 2 bridgehead atoms. The largest absolute Gasteiger partial charge is 0.496 e. The van der Waals surface area contributed by atoms with E-state index >= 15 is 4.79 Å². The Morgan fingerprint density at radius 1 is 0.967 bits per heavy atom. The van der Waals surface area contributed by atoms with Gasteiger partial charge in [0.2, 0.25) is 5.60 Å². The molecule has 9 rings (SSSR count). The number of fused-ring (bicyclic) bond motifs is 6. The van der Waals surface area contributed by atoms with Crippen LogP contribution in [-0.2, 0) is 45.8 Å². The molecule has 1 saturated carbocycles. The molecule has 3 N–H and O–H groups in total. The van der Waals surface area contributed by atoms with Gasteiger partial charge in [-0.25, -0.2) is 4.79 Å². The summed E-state index contributed by atoms with van der Waals surface area (Å²) < 4.78 is 23.9. The van der Waals surface area contributed by atoms with Gasteiger partial charge in [-0.2, -0.15) is 0 Å². The normalized spacial score (nSPS) is 36.1. The van der Waals surface area contributed by atoms with Crippen molar-refractivity contribution in [2.75, 3.05) is 66.0 Å². The number of rotatable bonds is 8. The highest BCUT2D eigenvalue weighted by molar-refractivity contribution is 5.96. The number of methoxy groups -OCH3 is 3. The first-order valence-corrected chi connectivity index (χ1v) is 21.6. The second-order valence-corrected chi connectivity index (χ2v) is 18.6. The number of aldehydes is 1. The number of nitrogens with zero attached hydrogens (tertiary/aromatic N) is 3. The Morgan fingerprint density at radius 2 is 1.74 bits per heavy atom. The summed E-state index contributed by atoms with van der Waals surface area (Å²) in [6.45, 7) is 8.31. The molecule has 2 aromatic carbocycles. The van der Waals surface area contributed by atoms with Crippen molar-refractivity contribution in [3.05, 3.63) is 70.4 Å². The highest BCUT2D eigenvalue weighted by atomic mass is 16.6. The molecule has 6 heterocycles. The molecule has 3 fully saturated rings. The van der Waals surface area contributed by atoms with E-state index in [1.165, 1.54) is 21.1 Å². The lowest BCUT2D eigenvalue weighted by Gasteiger charge is -2.63. The number of H-pyrrole nitrogens is 1. The molecule has 1 aliphatic carbocycles. The summed E-state index contributed by atoms with van der Waals surface area (Å²) in [6.07, 6.45) is 6.38. The first-order chi connectivity index (χ1) is 29.2. The van der Waals surface area contributed by atoms with E-state index in [0.29, 0.717) is 93.1 Å². The summed E-state index contributed by atoms with van der Waals surface area (Å²) in [4.78, 5) is 65.3. The van der Waals surface area contributed by atoms with Gasteiger partial charge in [0.25, 0.3) is 0 Å². The van der Waals surface area contributed by atoms with E-state index in [2.05, 4.69) is 20.9 Å². The van der Waals surface area contributed by atoms with Gasteiger partial charge in [-0.05, 0) is 86.4 Å². The van der Waals surface area contributed by atoms with Gasteiger partial charge >= 0.3 is 17.9 Å². The van der Waals surface area contributed by atoms with Crippen molar-refractivity contribution in [3.63, 3.8) is 0 Å². The third kappa shape index (κ3) is 5.47. The highest BCUT2D eigenvalue weighted by Crippen LogP contribution is 2.68. The number of benzene rings is 2. The average Bonchev–Trinajstić information content (AvgIpc) is 3.92. The number of anilines is 1.